The Morgan fingerprint density at radius 2 is 2.00 bits per heavy atom. The highest BCUT2D eigenvalue weighted by atomic mass is 127. The molecule has 0 bridgehead atoms. The van der Waals surface area contributed by atoms with Gasteiger partial charge in [-0.1, -0.05) is 28.1 Å². The first-order chi connectivity index (χ1) is 11.6. The van der Waals surface area contributed by atoms with E-state index in [2.05, 4.69) is 67.8 Å². The van der Waals surface area contributed by atoms with Crippen molar-refractivity contribution < 1.29 is 0 Å². The van der Waals surface area contributed by atoms with Crippen molar-refractivity contribution in [1.82, 2.24) is 15.5 Å². The molecule has 1 saturated carbocycles. The summed E-state index contributed by atoms with van der Waals surface area (Å²) in [6, 6.07) is 8.72. The minimum atomic E-state index is 0. The molecular weight excluding hydrogens is 491 g/mol. The van der Waals surface area contributed by atoms with E-state index in [1.165, 1.54) is 44.3 Å². The molecule has 2 fully saturated rings. The zero-order valence-corrected chi connectivity index (χ0v) is 19.1. The Balaban J connectivity index is 0.00000225. The number of piperidine rings is 1. The summed E-state index contributed by atoms with van der Waals surface area (Å²) in [5.41, 5.74) is 1.71. The number of halogens is 2. The number of benzene rings is 1. The fraction of sp³-hybridized carbons (Fsp3) is 0.632. The first-order valence-electron chi connectivity index (χ1n) is 9.00. The maximum atomic E-state index is 4.40. The number of likely N-dealkylation sites (tertiary alicyclic amines) is 1. The monoisotopic (exact) mass is 520 g/mol. The topological polar surface area (TPSA) is 39.7 Å². The molecule has 1 aromatic carbocycles. The number of hydrogen-bond donors (Lipinski definition) is 2. The summed E-state index contributed by atoms with van der Waals surface area (Å²) in [6.45, 7) is 4.41. The Hall–Kier alpha value is -0.340. The Morgan fingerprint density at radius 3 is 2.60 bits per heavy atom. The van der Waals surface area contributed by atoms with Crippen molar-refractivity contribution in [2.24, 2.45) is 10.9 Å². The van der Waals surface area contributed by atoms with Crippen LogP contribution in [0.4, 0.5) is 0 Å². The third-order valence-electron chi connectivity index (χ3n) is 5.50. The Kier molecular flexibility index (Phi) is 8.01. The third-order valence-corrected chi connectivity index (χ3v) is 6.00. The molecule has 4 nitrogen and oxygen atoms in total. The van der Waals surface area contributed by atoms with Crippen LogP contribution < -0.4 is 10.6 Å². The second-order valence-corrected chi connectivity index (χ2v) is 8.26. The Morgan fingerprint density at radius 1 is 1.28 bits per heavy atom. The van der Waals surface area contributed by atoms with Crippen molar-refractivity contribution in [3.8, 4) is 0 Å². The number of hydrogen-bond acceptors (Lipinski definition) is 2. The van der Waals surface area contributed by atoms with Crippen LogP contribution in [-0.4, -0.2) is 51.1 Å². The van der Waals surface area contributed by atoms with Crippen molar-refractivity contribution in [1.29, 1.82) is 0 Å². The second kappa shape index (κ2) is 9.55. The number of rotatable bonds is 5. The molecule has 0 amide bonds. The van der Waals surface area contributed by atoms with Gasteiger partial charge in [0, 0.05) is 30.0 Å². The molecule has 3 rings (SSSR count). The highest BCUT2D eigenvalue weighted by Crippen LogP contribution is 2.48. The summed E-state index contributed by atoms with van der Waals surface area (Å²) >= 11 is 3.59. The number of aliphatic imine (C=N–C) groups is 1. The van der Waals surface area contributed by atoms with Crippen LogP contribution in [0.1, 0.15) is 31.2 Å². The molecule has 0 radical (unpaired) electrons. The van der Waals surface area contributed by atoms with E-state index in [0.717, 1.165) is 29.4 Å². The molecule has 1 aliphatic heterocycles. The maximum Gasteiger partial charge on any atom is 0.191 e. The van der Waals surface area contributed by atoms with E-state index in [1.54, 1.807) is 0 Å². The van der Waals surface area contributed by atoms with Crippen molar-refractivity contribution >= 4 is 45.9 Å². The van der Waals surface area contributed by atoms with Gasteiger partial charge < -0.3 is 15.5 Å². The Labute approximate surface area is 177 Å². The van der Waals surface area contributed by atoms with Gasteiger partial charge in [0.1, 0.15) is 0 Å². The summed E-state index contributed by atoms with van der Waals surface area (Å²) in [6.07, 6.45) is 5.07. The van der Waals surface area contributed by atoms with E-state index in [-0.39, 0.29) is 29.4 Å². The molecule has 140 valence electrons. The average Bonchev–Trinajstić information content (AvgIpc) is 3.38. The van der Waals surface area contributed by atoms with Crippen LogP contribution in [0, 0.1) is 5.92 Å². The van der Waals surface area contributed by atoms with Crippen LogP contribution in [0.15, 0.2) is 33.7 Å². The van der Waals surface area contributed by atoms with Gasteiger partial charge in [0.2, 0.25) is 0 Å². The summed E-state index contributed by atoms with van der Waals surface area (Å²) < 4.78 is 1.16. The minimum Gasteiger partial charge on any atom is -0.356 e. The molecule has 0 unspecified atom stereocenters. The number of nitrogens with one attached hydrogen (secondary N) is 2. The predicted molar refractivity (Wildman–Crippen MR) is 120 cm³/mol. The van der Waals surface area contributed by atoms with E-state index < -0.39 is 0 Å². The standard InChI is InChI=1S/C19H29BrN4.HI/c1-21-18(22-13-15-6-10-24(2)11-7-15)23-14-19(8-9-19)16-4-3-5-17(20)12-16;/h3-5,12,15H,6-11,13-14H2,1-2H3,(H2,21,22,23);1H. The average molecular weight is 521 g/mol. The van der Waals surface area contributed by atoms with Gasteiger partial charge in [-0.25, -0.2) is 0 Å². The molecule has 0 spiro atoms. The molecule has 1 saturated heterocycles. The molecule has 1 aliphatic carbocycles. The molecule has 2 N–H and O–H groups in total. The molecule has 0 atom stereocenters. The van der Waals surface area contributed by atoms with Gasteiger partial charge in [0.15, 0.2) is 5.96 Å². The molecule has 25 heavy (non-hydrogen) atoms. The zero-order chi connectivity index (χ0) is 17.0. The summed E-state index contributed by atoms with van der Waals surface area (Å²) in [5.74, 6) is 1.70. The van der Waals surface area contributed by atoms with Gasteiger partial charge in [0.05, 0.1) is 0 Å². The van der Waals surface area contributed by atoms with E-state index >= 15 is 0 Å². The Bertz CT molecular complexity index is 581. The lowest BCUT2D eigenvalue weighted by Crippen LogP contribution is -2.44. The van der Waals surface area contributed by atoms with Crippen molar-refractivity contribution in [2.45, 2.75) is 31.1 Å². The van der Waals surface area contributed by atoms with Crippen molar-refractivity contribution in [3.63, 3.8) is 0 Å². The number of nitrogens with zero attached hydrogens (tertiary/aromatic N) is 2. The van der Waals surface area contributed by atoms with Crippen molar-refractivity contribution in [3.05, 3.63) is 34.3 Å². The molecular formula is C19H30BrIN4. The van der Waals surface area contributed by atoms with E-state index in [1.807, 2.05) is 7.05 Å². The molecule has 6 heteroatoms. The van der Waals surface area contributed by atoms with E-state index in [4.69, 9.17) is 0 Å². The largest absolute Gasteiger partial charge is 0.356 e. The van der Waals surface area contributed by atoms with Crippen LogP contribution in [0.3, 0.4) is 0 Å². The van der Waals surface area contributed by atoms with Crippen LogP contribution in [0.25, 0.3) is 0 Å². The first kappa shape index (κ1) is 21.0. The zero-order valence-electron chi connectivity index (χ0n) is 15.2. The molecule has 1 heterocycles. The maximum absolute atomic E-state index is 4.40. The SMILES string of the molecule is CN=C(NCC1CCN(C)CC1)NCC1(c2cccc(Br)c2)CC1.I. The van der Waals surface area contributed by atoms with E-state index in [0.29, 0.717) is 0 Å². The van der Waals surface area contributed by atoms with Gasteiger partial charge >= 0.3 is 0 Å². The smallest absolute Gasteiger partial charge is 0.191 e. The van der Waals surface area contributed by atoms with Crippen LogP contribution >= 0.6 is 39.9 Å². The summed E-state index contributed by atoms with van der Waals surface area (Å²) in [4.78, 5) is 6.82. The molecule has 2 aliphatic rings. The first-order valence-corrected chi connectivity index (χ1v) is 9.80. The van der Waals surface area contributed by atoms with Crippen molar-refractivity contribution in [2.75, 3.05) is 40.3 Å². The normalized spacial score (nSPS) is 20.7. The lowest BCUT2D eigenvalue weighted by Gasteiger charge is -2.29. The predicted octanol–water partition coefficient (Wildman–Crippen LogP) is 3.61. The second-order valence-electron chi connectivity index (χ2n) is 7.34. The minimum absolute atomic E-state index is 0. The van der Waals surface area contributed by atoms with Gasteiger partial charge in [-0.05, 0) is 69.4 Å². The van der Waals surface area contributed by atoms with Gasteiger partial charge in [0.25, 0.3) is 0 Å². The number of guanidine groups is 1. The van der Waals surface area contributed by atoms with Gasteiger partial charge in [-0.2, -0.15) is 0 Å². The lowest BCUT2D eigenvalue weighted by molar-refractivity contribution is 0.220. The fourth-order valence-corrected chi connectivity index (χ4v) is 3.92. The van der Waals surface area contributed by atoms with Crippen LogP contribution in [0.5, 0.6) is 0 Å². The third kappa shape index (κ3) is 5.82. The highest BCUT2D eigenvalue weighted by Gasteiger charge is 2.44. The van der Waals surface area contributed by atoms with Crippen LogP contribution in [-0.2, 0) is 5.41 Å². The lowest BCUT2D eigenvalue weighted by atomic mass is 9.96. The molecule has 0 aromatic heterocycles. The van der Waals surface area contributed by atoms with E-state index in [9.17, 15) is 0 Å². The summed E-state index contributed by atoms with van der Waals surface area (Å²) in [7, 11) is 4.07. The van der Waals surface area contributed by atoms with Crippen LogP contribution in [0.2, 0.25) is 0 Å². The highest BCUT2D eigenvalue weighted by molar-refractivity contribution is 14.0. The fourth-order valence-electron chi connectivity index (χ4n) is 3.52. The van der Waals surface area contributed by atoms with Gasteiger partial charge in [-0.15, -0.1) is 24.0 Å². The molecule has 1 aromatic rings. The summed E-state index contributed by atoms with van der Waals surface area (Å²) in [5, 5.41) is 7.08. The van der Waals surface area contributed by atoms with Gasteiger partial charge in [-0.3, -0.25) is 4.99 Å². The quantitative estimate of drug-likeness (QED) is 0.354.